The van der Waals surface area contributed by atoms with E-state index < -0.39 is 24.5 Å². The van der Waals surface area contributed by atoms with E-state index in [1.165, 1.54) is 17.1 Å². The topological polar surface area (TPSA) is 117 Å². The number of ether oxygens (including phenoxy) is 1. The number of halogens is 1. The minimum Gasteiger partial charge on any atom is -0.387 e. The van der Waals surface area contributed by atoms with E-state index in [9.17, 15) is 10.2 Å². The maximum atomic E-state index is 10.8. The highest BCUT2D eigenvalue weighted by atomic mass is 35.5. The van der Waals surface area contributed by atoms with Crippen LogP contribution >= 0.6 is 11.6 Å². The minimum atomic E-state index is -1.14. The van der Waals surface area contributed by atoms with E-state index in [1.54, 1.807) is 10.9 Å². The number of hydrogen-bond acceptors (Lipinski definition) is 8. The number of aliphatic hydroxyl groups excluding tert-OH is 2. The van der Waals surface area contributed by atoms with Crippen LogP contribution in [0.25, 0.3) is 21.9 Å². The number of hydrogen-bond donors (Lipinski definition) is 4. The Bertz CT molecular complexity index is 1580. The molecule has 0 bridgehead atoms. The second-order valence-corrected chi connectivity index (χ2v) is 9.82. The third-order valence-corrected chi connectivity index (χ3v) is 7.04. The predicted molar refractivity (Wildman–Crippen MR) is 146 cm³/mol. The number of nitrogens with zero attached hydrogens (tertiary/aromatic N) is 4. The third-order valence-electron chi connectivity index (χ3n) is 6.81. The fourth-order valence-corrected chi connectivity index (χ4v) is 5.05. The quantitative estimate of drug-likeness (QED) is 0.240. The van der Waals surface area contributed by atoms with Crippen molar-refractivity contribution in [2.45, 2.75) is 37.6 Å². The molecule has 2 aromatic heterocycles. The van der Waals surface area contributed by atoms with Crippen LogP contribution in [0.5, 0.6) is 0 Å². The number of aromatic nitrogens is 4. The lowest BCUT2D eigenvalue weighted by molar-refractivity contribution is -0.0342. The van der Waals surface area contributed by atoms with Crippen molar-refractivity contribution in [2.75, 3.05) is 11.9 Å². The van der Waals surface area contributed by atoms with Crippen LogP contribution in [0, 0.1) is 0 Å². The molecule has 5 aromatic rings. The average Bonchev–Trinajstić information content (AvgIpc) is 3.48. The zero-order chi connectivity index (χ0) is 26.1. The van der Waals surface area contributed by atoms with Crippen molar-refractivity contribution in [3.05, 3.63) is 95.5 Å². The summed E-state index contributed by atoms with van der Waals surface area (Å²) < 4.78 is 7.73. The van der Waals surface area contributed by atoms with E-state index in [0.29, 0.717) is 41.6 Å². The number of rotatable bonds is 8. The van der Waals surface area contributed by atoms with Crippen LogP contribution in [-0.2, 0) is 17.8 Å². The first-order valence-corrected chi connectivity index (χ1v) is 12.8. The van der Waals surface area contributed by atoms with Crippen molar-refractivity contribution in [1.29, 1.82) is 0 Å². The molecular formula is C28H27ClN6O3. The smallest absolute Gasteiger partial charge is 0.167 e. The summed E-state index contributed by atoms with van der Waals surface area (Å²) in [5.41, 5.74) is 3.16. The van der Waals surface area contributed by atoms with E-state index >= 15 is 0 Å². The van der Waals surface area contributed by atoms with Crippen molar-refractivity contribution >= 4 is 39.4 Å². The van der Waals surface area contributed by atoms with Gasteiger partial charge in [0.05, 0.1) is 6.33 Å². The first-order chi connectivity index (χ1) is 18.6. The van der Waals surface area contributed by atoms with Crippen LogP contribution in [0.15, 0.2) is 79.4 Å². The standard InChI is InChI=1S/C28H27ClN6O3/c29-21-7-3-4-17(11-21)13-31-26-23-27(33-15-32-26)35(16-34-23)28-25(37)24(36)22(38-28)14-30-12-18-8-9-19-5-1-2-6-20(19)10-18/h1-11,15-16,22,24-25,28,30,36-37H,12-14H2,(H,31,32,33)/t22-,24-,25-,28-/m1/s1. The molecule has 3 aromatic carbocycles. The average molecular weight is 531 g/mol. The zero-order valence-corrected chi connectivity index (χ0v) is 21.2. The highest BCUT2D eigenvalue weighted by Crippen LogP contribution is 2.32. The lowest BCUT2D eigenvalue weighted by Crippen LogP contribution is -2.37. The van der Waals surface area contributed by atoms with Crippen molar-refractivity contribution in [3.8, 4) is 0 Å². The molecule has 3 heterocycles. The Morgan fingerprint density at radius 2 is 1.71 bits per heavy atom. The SMILES string of the molecule is O[C@@H]1[C@H](O)[C@@H](CNCc2ccc3ccccc3c2)O[C@H]1n1cnc2c(NCc3cccc(Cl)c3)ncnc21. The number of aliphatic hydroxyl groups is 2. The molecular weight excluding hydrogens is 504 g/mol. The van der Waals surface area contributed by atoms with Gasteiger partial charge in [-0.2, -0.15) is 0 Å². The van der Waals surface area contributed by atoms with Crippen molar-refractivity contribution in [2.24, 2.45) is 0 Å². The van der Waals surface area contributed by atoms with Gasteiger partial charge in [-0.05, 0) is 40.1 Å². The van der Waals surface area contributed by atoms with E-state index in [0.717, 1.165) is 11.1 Å². The highest BCUT2D eigenvalue weighted by molar-refractivity contribution is 6.30. The maximum Gasteiger partial charge on any atom is 0.167 e. The largest absolute Gasteiger partial charge is 0.387 e. The number of fused-ring (bicyclic) bond motifs is 2. The molecule has 1 aliphatic heterocycles. The maximum absolute atomic E-state index is 10.8. The molecule has 4 atom stereocenters. The van der Waals surface area contributed by atoms with Crippen molar-refractivity contribution in [3.63, 3.8) is 0 Å². The van der Waals surface area contributed by atoms with Gasteiger partial charge < -0.3 is 25.6 Å². The van der Waals surface area contributed by atoms with E-state index in [2.05, 4.69) is 55.9 Å². The number of anilines is 1. The molecule has 0 amide bonds. The van der Waals surface area contributed by atoms with Gasteiger partial charge in [-0.15, -0.1) is 0 Å². The number of nitrogens with one attached hydrogen (secondary N) is 2. The Morgan fingerprint density at radius 3 is 2.58 bits per heavy atom. The summed E-state index contributed by atoms with van der Waals surface area (Å²) in [5.74, 6) is 0.551. The molecule has 10 heteroatoms. The minimum absolute atomic E-state index is 0.371. The van der Waals surface area contributed by atoms with Crippen LogP contribution in [0.2, 0.25) is 5.02 Å². The van der Waals surface area contributed by atoms with Gasteiger partial charge in [0.2, 0.25) is 0 Å². The zero-order valence-electron chi connectivity index (χ0n) is 20.4. The second kappa shape index (κ2) is 10.6. The van der Waals surface area contributed by atoms with E-state index in [4.69, 9.17) is 16.3 Å². The van der Waals surface area contributed by atoms with Crippen LogP contribution in [0.1, 0.15) is 17.4 Å². The predicted octanol–water partition coefficient (Wildman–Crippen LogP) is 3.65. The first-order valence-electron chi connectivity index (χ1n) is 12.4. The van der Waals surface area contributed by atoms with E-state index in [1.807, 2.05) is 36.4 Å². The van der Waals surface area contributed by atoms with Gasteiger partial charge in [-0.3, -0.25) is 4.57 Å². The molecule has 0 aliphatic carbocycles. The molecule has 1 saturated heterocycles. The van der Waals surface area contributed by atoms with Crippen LogP contribution in [0.3, 0.4) is 0 Å². The van der Waals surface area contributed by atoms with Crippen molar-refractivity contribution in [1.82, 2.24) is 24.8 Å². The van der Waals surface area contributed by atoms with Crippen LogP contribution < -0.4 is 10.6 Å². The number of imidazole rings is 1. The molecule has 0 saturated carbocycles. The molecule has 4 N–H and O–H groups in total. The Balaban J connectivity index is 1.13. The lowest BCUT2D eigenvalue weighted by Gasteiger charge is -2.17. The molecule has 6 rings (SSSR count). The van der Waals surface area contributed by atoms with E-state index in [-0.39, 0.29) is 0 Å². The molecule has 0 radical (unpaired) electrons. The Hall–Kier alpha value is -3.60. The normalized spacial score (nSPS) is 21.3. The summed E-state index contributed by atoms with van der Waals surface area (Å²) in [7, 11) is 0. The molecule has 194 valence electrons. The first kappa shape index (κ1) is 24.7. The molecule has 0 spiro atoms. The Labute approximate surface area is 224 Å². The van der Waals surface area contributed by atoms with Crippen LogP contribution in [-0.4, -0.2) is 54.6 Å². The van der Waals surface area contributed by atoms with Gasteiger partial charge in [0.15, 0.2) is 23.2 Å². The summed E-state index contributed by atoms with van der Waals surface area (Å²) >= 11 is 6.09. The monoisotopic (exact) mass is 530 g/mol. The molecule has 9 nitrogen and oxygen atoms in total. The van der Waals surface area contributed by atoms with Gasteiger partial charge >= 0.3 is 0 Å². The lowest BCUT2D eigenvalue weighted by atomic mass is 10.1. The molecule has 0 unspecified atom stereocenters. The molecule has 38 heavy (non-hydrogen) atoms. The van der Waals surface area contributed by atoms with Gasteiger partial charge in [0, 0.05) is 24.7 Å². The summed E-state index contributed by atoms with van der Waals surface area (Å²) in [5, 5.41) is 31.2. The van der Waals surface area contributed by atoms with Gasteiger partial charge in [-0.1, -0.05) is 60.1 Å². The Kier molecular flexibility index (Phi) is 6.92. The summed E-state index contributed by atoms with van der Waals surface area (Å²) in [6.45, 7) is 1.49. The summed E-state index contributed by atoms with van der Waals surface area (Å²) in [6, 6.07) is 22.1. The molecule has 1 aliphatic rings. The Morgan fingerprint density at radius 1 is 0.868 bits per heavy atom. The van der Waals surface area contributed by atoms with Crippen molar-refractivity contribution < 1.29 is 14.9 Å². The fourth-order valence-electron chi connectivity index (χ4n) is 4.84. The van der Waals surface area contributed by atoms with Gasteiger partial charge in [0.1, 0.15) is 24.6 Å². The van der Waals surface area contributed by atoms with Gasteiger partial charge in [-0.25, -0.2) is 15.0 Å². The third kappa shape index (κ3) is 4.94. The highest BCUT2D eigenvalue weighted by Gasteiger charge is 2.44. The second-order valence-electron chi connectivity index (χ2n) is 9.39. The fraction of sp³-hybridized carbons (Fsp3) is 0.250. The number of benzene rings is 3. The molecule has 1 fully saturated rings. The van der Waals surface area contributed by atoms with Crippen LogP contribution in [0.4, 0.5) is 5.82 Å². The van der Waals surface area contributed by atoms with Gasteiger partial charge in [0.25, 0.3) is 0 Å². The summed E-state index contributed by atoms with van der Waals surface area (Å²) in [6.07, 6.45) is -0.661. The summed E-state index contributed by atoms with van der Waals surface area (Å²) in [4.78, 5) is 13.2.